The molecule has 1 aliphatic carbocycles. The van der Waals surface area contributed by atoms with Crippen LogP contribution in [0.4, 0.5) is 0 Å². The zero-order valence-electron chi connectivity index (χ0n) is 11.8. The average molecular weight is 243 g/mol. The summed E-state index contributed by atoms with van der Waals surface area (Å²) in [7, 11) is 0. The van der Waals surface area contributed by atoms with E-state index in [9.17, 15) is 5.11 Å². The maximum Gasteiger partial charge on any atom is 0.0972 e. The van der Waals surface area contributed by atoms with Gasteiger partial charge in [0.1, 0.15) is 0 Å². The number of hydrogen-bond acceptors (Lipinski definition) is 3. The molecule has 1 saturated carbocycles. The normalized spacial score (nSPS) is 30.0. The van der Waals surface area contributed by atoms with E-state index in [0.29, 0.717) is 23.9 Å². The summed E-state index contributed by atoms with van der Waals surface area (Å²) in [5.74, 6) is 0.658. The number of aliphatic hydroxyl groups is 2. The second kappa shape index (κ2) is 5.68. The van der Waals surface area contributed by atoms with Gasteiger partial charge in [0.05, 0.1) is 12.2 Å². The van der Waals surface area contributed by atoms with Gasteiger partial charge in [-0.25, -0.2) is 0 Å². The Labute approximate surface area is 106 Å². The van der Waals surface area contributed by atoms with Crippen LogP contribution in [0.1, 0.15) is 53.4 Å². The molecule has 102 valence electrons. The summed E-state index contributed by atoms with van der Waals surface area (Å²) in [5.41, 5.74) is -0.691. The van der Waals surface area contributed by atoms with Crippen LogP contribution in [-0.4, -0.2) is 35.0 Å². The smallest absolute Gasteiger partial charge is 0.0972 e. The van der Waals surface area contributed by atoms with E-state index in [1.165, 1.54) is 25.7 Å². The molecule has 0 aromatic rings. The summed E-state index contributed by atoms with van der Waals surface area (Å²) in [4.78, 5) is 0. The van der Waals surface area contributed by atoms with E-state index in [0.717, 1.165) is 0 Å². The molecule has 0 radical (unpaired) electrons. The minimum Gasteiger partial charge on any atom is -0.393 e. The zero-order chi connectivity index (χ0) is 13.1. The molecule has 0 aromatic carbocycles. The first kappa shape index (κ1) is 14.9. The van der Waals surface area contributed by atoms with E-state index < -0.39 is 5.60 Å². The predicted molar refractivity (Wildman–Crippen MR) is 70.9 cm³/mol. The van der Waals surface area contributed by atoms with Crippen molar-refractivity contribution in [2.45, 2.75) is 65.0 Å². The standard InChI is InChI=1S/C14H29NO2/c1-13(2,3)11-7-5-6-8-12(11)15-9-14(4,17)10-16/h11-12,15-17H,5-10H2,1-4H3. The molecule has 0 aromatic heterocycles. The van der Waals surface area contributed by atoms with Crippen molar-refractivity contribution in [1.29, 1.82) is 0 Å². The first-order valence-electron chi connectivity index (χ1n) is 6.83. The fourth-order valence-electron chi connectivity index (χ4n) is 2.82. The summed E-state index contributed by atoms with van der Waals surface area (Å²) >= 11 is 0. The van der Waals surface area contributed by atoms with Crippen molar-refractivity contribution in [1.82, 2.24) is 5.32 Å². The van der Waals surface area contributed by atoms with Gasteiger partial charge in [-0.05, 0) is 31.1 Å². The van der Waals surface area contributed by atoms with Crippen LogP contribution in [0.3, 0.4) is 0 Å². The molecular weight excluding hydrogens is 214 g/mol. The molecule has 1 fully saturated rings. The largest absolute Gasteiger partial charge is 0.393 e. The van der Waals surface area contributed by atoms with Crippen molar-refractivity contribution in [2.75, 3.05) is 13.2 Å². The topological polar surface area (TPSA) is 52.5 Å². The highest BCUT2D eigenvalue weighted by Crippen LogP contribution is 2.38. The number of hydrogen-bond donors (Lipinski definition) is 3. The monoisotopic (exact) mass is 243 g/mol. The van der Waals surface area contributed by atoms with Gasteiger partial charge in [-0.15, -0.1) is 0 Å². The third-order valence-corrected chi connectivity index (χ3v) is 3.96. The lowest BCUT2D eigenvalue weighted by atomic mass is 9.69. The maximum atomic E-state index is 9.83. The highest BCUT2D eigenvalue weighted by Gasteiger charge is 2.34. The Hall–Kier alpha value is -0.120. The van der Waals surface area contributed by atoms with Crippen LogP contribution in [0.25, 0.3) is 0 Å². The summed E-state index contributed by atoms with van der Waals surface area (Å²) < 4.78 is 0. The van der Waals surface area contributed by atoms with Crippen molar-refractivity contribution in [2.24, 2.45) is 11.3 Å². The molecule has 3 atom stereocenters. The van der Waals surface area contributed by atoms with Crippen LogP contribution >= 0.6 is 0 Å². The second-order valence-corrected chi connectivity index (χ2v) is 6.90. The van der Waals surface area contributed by atoms with Crippen molar-refractivity contribution in [3.63, 3.8) is 0 Å². The van der Waals surface area contributed by atoms with Gasteiger partial charge >= 0.3 is 0 Å². The van der Waals surface area contributed by atoms with Crippen molar-refractivity contribution in [3.05, 3.63) is 0 Å². The van der Waals surface area contributed by atoms with E-state index in [1.54, 1.807) is 6.92 Å². The van der Waals surface area contributed by atoms with Gasteiger partial charge in [0.25, 0.3) is 0 Å². The third kappa shape index (κ3) is 4.57. The Morgan fingerprint density at radius 3 is 2.24 bits per heavy atom. The van der Waals surface area contributed by atoms with Gasteiger partial charge < -0.3 is 15.5 Å². The second-order valence-electron chi connectivity index (χ2n) is 6.90. The molecule has 0 heterocycles. The van der Waals surface area contributed by atoms with Crippen LogP contribution < -0.4 is 5.32 Å². The average Bonchev–Trinajstić information content (AvgIpc) is 2.26. The summed E-state index contributed by atoms with van der Waals surface area (Å²) in [5, 5.41) is 22.3. The van der Waals surface area contributed by atoms with Gasteiger partial charge in [-0.2, -0.15) is 0 Å². The van der Waals surface area contributed by atoms with Crippen LogP contribution in [-0.2, 0) is 0 Å². The molecule has 0 aliphatic heterocycles. The minimum absolute atomic E-state index is 0.188. The number of rotatable bonds is 4. The lowest BCUT2D eigenvalue weighted by Gasteiger charge is -2.42. The van der Waals surface area contributed by atoms with Crippen molar-refractivity contribution in [3.8, 4) is 0 Å². The SMILES string of the molecule is CC(O)(CO)CNC1CCCCC1C(C)(C)C. The Kier molecular flexibility index (Phi) is 4.99. The molecule has 0 bridgehead atoms. The molecule has 0 spiro atoms. The number of aliphatic hydroxyl groups excluding tert-OH is 1. The Bertz CT molecular complexity index is 233. The fraction of sp³-hybridized carbons (Fsp3) is 1.00. The van der Waals surface area contributed by atoms with E-state index in [1.807, 2.05) is 0 Å². The zero-order valence-corrected chi connectivity index (χ0v) is 11.8. The molecule has 3 nitrogen and oxygen atoms in total. The summed E-state index contributed by atoms with van der Waals surface area (Å²) in [6.07, 6.45) is 5.04. The Morgan fingerprint density at radius 1 is 1.12 bits per heavy atom. The van der Waals surface area contributed by atoms with Crippen molar-refractivity contribution < 1.29 is 10.2 Å². The van der Waals surface area contributed by atoms with Gasteiger partial charge in [0.2, 0.25) is 0 Å². The first-order chi connectivity index (χ1) is 7.76. The maximum absolute atomic E-state index is 9.83. The van der Waals surface area contributed by atoms with Crippen LogP contribution in [0.15, 0.2) is 0 Å². The quantitative estimate of drug-likeness (QED) is 0.707. The van der Waals surface area contributed by atoms with E-state index in [4.69, 9.17) is 5.11 Å². The highest BCUT2D eigenvalue weighted by atomic mass is 16.3. The lowest BCUT2D eigenvalue weighted by molar-refractivity contribution is -0.00502. The fourth-order valence-corrected chi connectivity index (χ4v) is 2.82. The Balaban J connectivity index is 2.55. The molecule has 0 saturated heterocycles. The highest BCUT2D eigenvalue weighted by molar-refractivity contribution is 4.89. The Morgan fingerprint density at radius 2 is 1.71 bits per heavy atom. The minimum atomic E-state index is -1.00. The van der Waals surface area contributed by atoms with Crippen LogP contribution in [0, 0.1) is 11.3 Å². The van der Waals surface area contributed by atoms with E-state index in [2.05, 4.69) is 26.1 Å². The first-order valence-corrected chi connectivity index (χ1v) is 6.83. The molecule has 3 N–H and O–H groups in total. The molecule has 3 heteroatoms. The molecule has 3 unspecified atom stereocenters. The van der Waals surface area contributed by atoms with Gasteiger partial charge in [-0.1, -0.05) is 33.6 Å². The van der Waals surface area contributed by atoms with Gasteiger partial charge in [0, 0.05) is 12.6 Å². The van der Waals surface area contributed by atoms with Crippen molar-refractivity contribution >= 4 is 0 Å². The molecule has 1 aliphatic rings. The van der Waals surface area contributed by atoms with Crippen LogP contribution in [0.2, 0.25) is 0 Å². The molecule has 0 amide bonds. The van der Waals surface area contributed by atoms with Gasteiger partial charge in [-0.3, -0.25) is 0 Å². The number of nitrogens with one attached hydrogen (secondary N) is 1. The van der Waals surface area contributed by atoms with E-state index >= 15 is 0 Å². The van der Waals surface area contributed by atoms with Crippen LogP contribution in [0.5, 0.6) is 0 Å². The van der Waals surface area contributed by atoms with Gasteiger partial charge in [0.15, 0.2) is 0 Å². The molecule has 1 rings (SSSR count). The summed E-state index contributed by atoms with van der Waals surface area (Å²) in [6, 6.07) is 0.474. The lowest BCUT2D eigenvalue weighted by Crippen LogP contribution is -2.50. The molecule has 17 heavy (non-hydrogen) atoms. The third-order valence-electron chi connectivity index (χ3n) is 3.96. The molecular formula is C14H29NO2. The summed E-state index contributed by atoms with van der Waals surface area (Å²) in [6.45, 7) is 8.84. The predicted octanol–water partition coefficient (Wildman–Crippen LogP) is 1.92. The van der Waals surface area contributed by atoms with E-state index in [-0.39, 0.29) is 6.61 Å².